The molecule has 2 aromatic carbocycles. The van der Waals surface area contributed by atoms with Gasteiger partial charge in [0.15, 0.2) is 5.78 Å². The van der Waals surface area contributed by atoms with Gasteiger partial charge in [0.05, 0.1) is 17.7 Å². The number of rotatable bonds is 4. The van der Waals surface area contributed by atoms with Crippen LogP contribution in [-0.2, 0) is 4.79 Å². The molecule has 0 spiro atoms. The van der Waals surface area contributed by atoms with Crippen molar-refractivity contribution < 1.29 is 23.5 Å². The lowest BCUT2D eigenvalue weighted by Crippen LogP contribution is -2.09. The second kappa shape index (κ2) is 5.68. The second-order valence-corrected chi connectivity index (χ2v) is 5.30. The van der Waals surface area contributed by atoms with Gasteiger partial charge in [-0.3, -0.25) is 9.59 Å². The first kappa shape index (κ1) is 15.0. The molecular formula is C18H13FO4. The summed E-state index contributed by atoms with van der Waals surface area (Å²) in [6, 6.07) is 10.1. The summed E-state index contributed by atoms with van der Waals surface area (Å²) in [5.41, 5.74) is 1.48. The molecule has 0 amide bonds. The average molecular weight is 312 g/mol. The molecule has 3 rings (SSSR count). The van der Waals surface area contributed by atoms with E-state index in [1.807, 2.05) is 0 Å². The van der Waals surface area contributed by atoms with Gasteiger partial charge in [0.1, 0.15) is 11.4 Å². The Morgan fingerprint density at radius 2 is 1.83 bits per heavy atom. The number of hydrogen-bond donors (Lipinski definition) is 1. The zero-order valence-corrected chi connectivity index (χ0v) is 12.2. The van der Waals surface area contributed by atoms with Gasteiger partial charge in [-0.1, -0.05) is 0 Å². The third kappa shape index (κ3) is 2.73. The number of ketones is 1. The van der Waals surface area contributed by atoms with Gasteiger partial charge in [0, 0.05) is 10.9 Å². The fourth-order valence-electron chi connectivity index (χ4n) is 2.42. The van der Waals surface area contributed by atoms with Crippen molar-refractivity contribution in [3.05, 3.63) is 71.2 Å². The summed E-state index contributed by atoms with van der Waals surface area (Å²) in [6.07, 6.45) is 1.45. The van der Waals surface area contributed by atoms with E-state index in [1.165, 1.54) is 36.6 Å². The summed E-state index contributed by atoms with van der Waals surface area (Å²) in [5.74, 6) is -2.51. The van der Waals surface area contributed by atoms with Crippen molar-refractivity contribution in [1.82, 2.24) is 0 Å². The van der Waals surface area contributed by atoms with Gasteiger partial charge in [-0.15, -0.1) is 0 Å². The molecule has 1 atom stereocenters. The topological polar surface area (TPSA) is 67.5 Å². The molecule has 0 aliphatic rings. The second-order valence-electron chi connectivity index (χ2n) is 5.30. The van der Waals surface area contributed by atoms with Crippen LogP contribution in [0.5, 0.6) is 0 Å². The van der Waals surface area contributed by atoms with Crippen LogP contribution < -0.4 is 0 Å². The largest absolute Gasteiger partial charge is 0.481 e. The van der Waals surface area contributed by atoms with E-state index in [0.29, 0.717) is 22.1 Å². The molecule has 23 heavy (non-hydrogen) atoms. The number of carboxylic acid groups (broad SMARTS) is 1. The van der Waals surface area contributed by atoms with Crippen LogP contribution in [0, 0.1) is 5.82 Å². The van der Waals surface area contributed by atoms with Gasteiger partial charge in [-0.05, 0) is 55.0 Å². The van der Waals surface area contributed by atoms with E-state index >= 15 is 0 Å². The molecule has 0 aliphatic carbocycles. The first-order valence-electron chi connectivity index (χ1n) is 7.01. The smallest absolute Gasteiger partial charge is 0.310 e. The summed E-state index contributed by atoms with van der Waals surface area (Å²) in [6.45, 7) is 1.55. The lowest BCUT2D eigenvalue weighted by Gasteiger charge is -2.10. The Bertz CT molecular complexity index is 893. The fourth-order valence-corrected chi connectivity index (χ4v) is 2.42. The standard InChI is InChI=1S/C18H13FO4/c1-10(18(21)22)13-8-12-6-7-23-17(12)15(9-13)16(20)11-2-4-14(19)5-3-11/h2-10H,1H3,(H,21,22). The van der Waals surface area contributed by atoms with Crippen molar-refractivity contribution in [3.8, 4) is 0 Å². The molecule has 1 aromatic heterocycles. The molecule has 0 saturated heterocycles. The normalized spacial score (nSPS) is 12.3. The van der Waals surface area contributed by atoms with Gasteiger partial charge >= 0.3 is 5.97 Å². The number of carbonyl (C=O) groups excluding carboxylic acids is 1. The zero-order chi connectivity index (χ0) is 16.6. The Hall–Kier alpha value is -2.95. The van der Waals surface area contributed by atoms with E-state index in [1.54, 1.807) is 19.1 Å². The van der Waals surface area contributed by atoms with Crippen molar-refractivity contribution in [2.45, 2.75) is 12.8 Å². The monoisotopic (exact) mass is 312 g/mol. The zero-order valence-electron chi connectivity index (χ0n) is 12.2. The van der Waals surface area contributed by atoms with Gasteiger partial charge in [-0.2, -0.15) is 0 Å². The van der Waals surface area contributed by atoms with Crippen LogP contribution in [0.15, 0.2) is 53.1 Å². The Morgan fingerprint density at radius 1 is 1.13 bits per heavy atom. The third-order valence-electron chi connectivity index (χ3n) is 3.79. The minimum Gasteiger partial charge on any atom is -0.481 e. The molecule has 0 aliphatic heterocycles. The lowest BCUT2D eigenvalue weighted by molar-refractivity contribution is -0.138. The fraction of sp³-hybridized carbons (Fsp3) is 0.111. The molecule has 0 bridgehead atoms. The lowest BCUT2D eigenvalue weighted by atomic mass is 9.94. The quantitative estimate of drug-likeness (QED) is 0.740. The number of hydrogen-bond acceptors (Lipinski definition) is 3. The summed E-state index contributed by atoms with van der Waals surface area (Å²) in [4.78, 5) is 23.9. The van der Waals surface area contributed by atoms with Crippen LogP contribution in [0.2, 0.25) is 0 Å². The van der Waals surface area contributed by atoms with E-state index in [4.69, 9.17) is 4.42 Å². The molecule has 1 unspecified atom stereocenters. The Balaban J connectivity index is 2.15. The molecule has 4 nitrogen and oxygen atoms in total. The van der Waals surface area contributed by atoms with Crippen LogP contribution in [0.3, 0.4) is 0 Å². The van der Waals surface area contributed by atoms with Crippen LogP contribution in [0.4, 0.5) is 4.39 Å². The molecule has 3 aromatic rings. The Kier molecular flexibility index (Phi) is 3.70. The van der Waals surface area contributed by atoms with Crippen molar-refractivity contribution in [2.24, 2.45) is 0 Å². The maximum Gasteiger partial charge on any atom is 0.310 e. The maximum atomic E-state index is 13.0. The number of aliphatic carboxylic acids is 1. The van der Waals surface area contributed by atoms with Crippen molar-refractivity contribution in [2.75, 3.05) is 0 Å². The van der Waals surface area contributed by atoms with E-state index in [-0.39, 0.29) is 11.3 Å². The first-order chi connectivity index (χ1) is 11.0. The highest BCUT2D eigenvalue weighted by molar-refractivity contribution is 6.15. The minimum absolute atomic E-state index is 0.266. The summed E-state index contributed by atoms with van der Waals surface area (Å²) < 4.78 is 18.4. The third-order valence-corrected chi connectivity index (χ3v) is 3.79. The van der Waals surface area contributed by atoms with E-state index in [0.717, 1.165) is 0 Å². The van der Waals surface area contributed by atoms with Gasteiger partial charge in [0.25, 0.3) is 0 Å². The molecule has 116 valence electrons. The predicted octanol–water partition coefficient (Wildman–Crippen LogP) is 3.99. The highest BCUT2D eigenvalue weighted by Crippen LogP contribution is 2.28. The number of carbonyl (C=O) groups is 2. The van der Waals surface area contributed by atoms with Crippen molar-refractivity contribution in [3.63, 3.8) is 0 Å². The molecule has 0 radical (unpaired) electrons. The molecule has 1 heterocycles. The van der Waals surface area contributed by atoms with Crippen molar-refractivity contribution >= 4 is 22.7 Å². The van der Waals surface area contributed by atoms with Crippen LogP contribution in [-0.4, -0.2) is 16.9 Å². The average Bonchev–Trinajstić information content (AvgIpc) is 3.01. The Morgan fingerprint density at radius 3 is 2.48 bits per heavy atom. The van der Waals surface area contributed by atoms with Gasteiger partial charge in [0.2, 0.25) is 0 Å². The number of furan rings is 1. The highest BCUT2D eigenvalue weighted by atomic mass is 19.1. The SMILES string of the molecule is CC(C(=O)O)c1cc(C(=O)c2ccc(F)cc2)c2occc2c1. The first-order valence-corrected chi connectivity index (χ1v) is 7.01. The van der Waals surface area contributed by atoms with E-state index in [9.17, 15) is 19.1 Å². The highest BCUT2D eigenvalue weighted by Gasteiger charge is 2.21. The van der Waals surface area contributed by atoms with Crippen molar-refractivity contribution in [1.29, 1.82) is 0 Å². The maximum absolute atomic E-state index is 13.0. The van der Waals surface area contributed by atoms with Crippen LogP contribution in [0.25, 0.3) is 11.0 Å². The summed E-state index contributed by atoms with van der Waals surface area (Å²) >= 11 is 0. The molecule has 5 heteroatoms. The Labute approximate surface area is 131 Å². The van der Waals surface area contributed by atoms with E-state index in [2.05, 4.69) is 0 Å². The van der Waals surface area contributed by atoms with Gasteiger partial charge < -0.3 is 9.52 Å². The molecular weight excluding hydrogens is 299 g/mol. The number of fused-ring (bicyclic) bond motifs is 1. The van der Waals surface area contributed by atoms with Gasteiger partial charge in [-0.25, -0.2) is 4.39 Å². The molecule has 1 N–H and O–H groups in total. The summed E-state index contributed by atoms with van der Waals surface area (Å²) in [7, 11) is 0. The number of carboxylic acids is 1. The van der Waals surface area contributed by atoms with Crippen LogP contribution in [0.1, 0.15) is 34.3 Å². The number of benzene rings is 2. The summed E-state index contributed by atoms with van der Waals surface area (Å²) in [5, 5.41) is 9.84. The minimum atomic E-state index is -0.979. The molecule has 0 fully saturated rings. The van der Waals surface area contributed by atoms with Crippen LogP contribution >= 0.6 is 0 Å². The molecule has 0 saturated carbocycles. The van der Waals surface area contributed by atoms with E-state index < -0.39 is 17.7 Å². The predicted molar refractivity (Wildman–Crippen MR) is 82.1 cm³/mol. The number of halogens is 1.